The number of aromatic amines is 1. The smallest absolute Gasteiger partial charge is 0.332 e. The maximum Gasteiger partial charge on any atom is 0.332 e. The van der Waals surface area contributed by atoms with Crippen LogP contribution in [0.3, 0.4) is 0 Å². The van der Waals surface area contributed by atoms with Crippen LogP contribution in [-0.2, 0) is 62.0 Å². The number of hydrogen-bond acceptors (Lipinski definition) is 43. The van der Waals surface area contributed by atoms with E-state index in [2.05, 4.69) is 59.9 Å². The molecular formula is C87H112N12O30S6. The molecule has 0 saturated heterocycles. The van der Waals surface area contributed by atoms with E-state index in [4.69, 9.17) is 62.3 Å². The third-order valence-electron chi connectivity index (χ3n) is 19.4. The summed E-state index contributed by atoms with van der Waals surface area (Å²) in [6.07, 6.45) is 10.8. The van der Waals surface area contributed by atoms with Crippen LogP contribution in [0, 0.1) is 0 Å². The van der Waals surface area contributed by atoms with E-state index < -0.39 is 69.1 Å². The average Bonchev–Trinajstić information content (AvgIpc) is 1.69. The minimum Gasteiger partial charge on any atom is -0.503 e. The van der Waals surface area contributed by atoms with Crippen LogP contribution in [0.5, 0.6) is 63.2 Å². The molecule has 0 amide bonds. The Morgan fingerprint density at radius 1 is 0.341 bits per heavy atom. The molecule has 736 valence electrons. The average molecular weight is 2000 g/mol. The fraction of sp³-hybridized carbons (Fsp3) is 0.506. The van der Waals surface area contributed by atoms with Gasteiger partial charge in [-0.25, -0.2) is 44.1 Å². The van der Waals surface area contributed by atoms with E-state index in [1.807, 2.05) is 20.8 Å². The Labute approximate surface area is 802 Å². The van der Waals surface area contributed by atoms with E-state index in [1.54, 1.807) is 32.9 Å². The molecule has 135 heavy (non-hydrogen) atoms. The highest BCUT2D eigenvalue weighted by Crippen LogP contribution is 2.43. The number of ether oxygens (including phenoxy) is 11. The molecule has 48 heteroatoms. The van der Waals surface area contributed by atoms with Gasteiger partial charge in [0.05, 0.1) is 59.5 Å². The van der Waals surface area contributed by atoms with Gasteiger partial charge in [-0.15, -0.1) is 70.6 Å². The molecule has 6 aromatic rings. The second-order valence-corrected chi connectivity index (χ2v) is 36.4. The first-order chi connectivity index (χ1) is 64.2. The van der Waals surface area contributed by atoms with Crippen molar-refractivity contribution >= 4 is 142 Å². The predicted molar refractivity (Wildman–Crippen MR) is 511 cm³/mol. The second-order valence-electron chi connectivity index (χ2n) is 30.6. The molecule has 0 fully saturated rings. The first kappa shape index (κ1) is 111. The molecule has 12 N–H and O–H groups in total. The minimum absolute atomic E-state index is 0.0211. The predicted octanol–water partition coefficient (Wildman–Crippen LogP) is 8.46. The molecule has 0 aliphatic carbocycles. The number of carboxylic acids is 4. The monoisotopic (exact) mass is 2000 g/mol. The number of ketones is 3. The number of carbonyl (C=O) groups excluding carboxylic acids is 3. The Morgan fingerprint density at radius 3 is 0.852 bits per heavy atom. The third kappa shape index (κ3) is 32.2. The molecule has 0 spiro atoms. The van der Waals surface area contributed by atoms with Crippen molar-refractivity contribution < 1.29 is 142 Å². The van der Waals surface area contributed by atoms with E-state index in [-0.39, 0.29) is 160 Å². The number of aromatic hydroxyl groups is 6. The zero-order valence-electron chi connectivity index (χ0n) is 76.4. The quantitative estimate of drug-likeness (QED) is 0.0159. The lowest BCUT2D eigenvalue weighted by Crippen LogP contribution is -2.33. The number of aliphatic hydroxyl groups is 1. The summed E-state index contributed by atoms with van der Waals surface area (Å²) in [5.74, 6) is -1.62. The molecule has 12 heterocycles. The molecule has 0 bridgehead atoms. The number of nitrogens with one attached hydrogen (secondary N) is 1. The van der Waals surface area contributed by atoms with E-state index >= 15 is 0 Å². The van der Waals surface area contributed by atoms with E-state index in [9.17, 15) is 84.3 Å². The maximum atomic E-state index is 11.7. The molecule has 0 saturated carbocycles. The van der Waals surface area contributed by atoms with Gasteiger partial charge in [0, 0.05) is 128 Å². The van der Waals surface area contributed by atoms with Gasteiger partial charge in [-0.3, -0.25) is 49.1 Å². The molecule has 42 nitrogen and oxygen atoms in total. The van der Waals surface area contributed by atoms with Crippen molar-refractivity contribution in [3.8, 4) is 63.2 Å². The van der Waals surface area contributed by atoms with E-state index in [0.29, 0.717) is 125 Å². The SMILES string of the molecule is CC(=O)[C@@]1(C)CSC(c2[nH]ccc(=O)c2O)=N1.CC(=O)[C@@]1(C)CSC(c2nccc(OCCO)c2O)=N1.CC(=O)[C@@]1(C)CSC(c2nccc(OCCOCC(=O)O)c2O)=N1.CCCOCCOCCOc1ccnc(C2=N[C@@](C)(C(=O)O)CS2)c1O.CCCOCCOc1ccnc(C2=N[C@@](C)(C(=O)O)CS2)c1O.CCOCCOCCOc1ccnc(C2=N[C@@](C)(C(=O)O)CS2)c1O. The van der Waals surface area contributed by atoms with Crippen LogP contribution in [0.15, 0.2) is 108 Å². The molecule has 0 aromatic carbocycles. The Kier molecular flexibility index (Phi) is 44.2. The first-order valence-electron chi connectivity index (χ1n) is 42.0. The largest absolute Gasteiger partial charge is 0.503 e. The van der Waals surface area contributed by atoms with Crippen LogP contribution in [-0.4, -0.2) is 344 Å². The minimum atomic E-state index is -1.21. The van der Waals surface area contributed by atoms with Gasteiger partial charge in [-0.05, 0) is 82.1 Å². The van der Waals surface area contributed by atoms with Crippen LogP contribution in [0.4, 0.5) is 0 Å². The summed E-state index contributed by atoms with van der Waals surface area (Å²) in [5, 5.41) is 109. The van der Waals surface area contributed by atoms with Crippen molar-refractivity contribution in [1.29, 1.82) is 0 Å². The summed E-state index contributed by atoms with van der Waals surface area (Å²) >= 11 is 7.83. The number of H-pyrrole nitrogens is 1. The van der Waals surface area contributed by atoms with Gasteiger partial charge in [0.1, 0.15) is 121 Å². The number of aromatic nitrogens is 6. The van der Waals surface area contributed by atoms with Crippen molar-refractivity contribution in [2.24, 2.45) is 30.0 Å². The van der Waals surface area contributed by atoms with Gasteiger partial charge < -0.3 is 113 Å². The third-order valence-corrected chi connectivity index (χ3v) is 27.0. The molecule has 6 atom stereocenters. The van der Waals surface area contributed by atoms with Gasteiger partial charge in [-0.1, -0.05) is 13.8 Å². The van der Waals surface area contributed by atoms with E-state index in [0.717, 1.165) is 19.4 Å². The van der Waals surface area contributed by atoms with Crippen molar-refractivity contribution in [3.05, 3.63) is 118 Å². The Morgan fingerprint density at radius 2 is 0.593 bits per heavy atom. The molecule has 6 aliphatic heterocycles. The van der Waals surface area contributed by atoms with Gasteiger partial charge >= 0.3 is 23.9 Å². The highest BCUT2D eigenvalue weighted by molar-refractivity contribution is 8.16. The highest BCUT2D eigenvalue weighted by atomic mass is 32.2. The lowest BCUT2D eigenvalue weighted by atomic mass is 10.0. The number of carboxylic acid groups (broad SMARTS) is 4. The van der Waals surface area contributed by atoms with E-state index in [1.165, 1.54) is 174 Å². The second kappa shape index (κ2) is 53.7. The molecule has 6 aromatic heterocycles. The van der Waals surface area contributed by atoms with Crippen LogP contribution in [0.1, 0.15) is 130 Å². The zero-order chi connectivity index (χ0) is 99.3. The summed E-state index contributed by atoms with van der Waals surface area (Å²) in [7, 11) is 0. The number of nitrogens with zero attached hydrogens (tertiary/aromatic N) is 11. The lowest BCUT2D eigenvalue weighted by molar-refractivity contribution is -0.143. The highest BCUT2D eigenvalue weighted by Gasteiger charge is 2.44. The molecule has 12 rings (SSSR count). The van der Waals surface area contributed by atoms with Gasteiger partial charge in [0.25, 0.3) is 0 Å². The fourth-order valence-electron chi connectivity index (χ4n) is 11.0. The zero-order valence-corrected chi connectivity index (χ0v) is 81.3. The van der Waals surface area contributed by atoms with Crippen LogP contribution in [0.2, 0.25) is 0 Å². The van der Waals surface area contributed by atoms with Crippen LogP contribution >= 0.6 is 70.6 Å². The summed E-state index contributed by atoms with van der Waals surface area (Å²) in [5.41, 5.74) is -4.87. The topological polar surface area (TPSA) is 615 Å². The molecule has 0 unspecified atom stereocenters. The van der Waals surface area contributed by atoms with Crippen molar-refractivity contribution in [2.75, 3.05) is 153 Å². The number of aliphatic imine (C=N–C) groups is 6. The number of thioether (sulfide) groups is 6. The number of aliphatic hydroxyl groups excluding tert-OH is 1. The molecule has 6 aliphatic rings. The van der Waals surface area contributed by atoms with Gasteiger partial charge in [0.2, 0.25) is 5.43 Å². The normalized spacial score (nSPS) is 20.5. The number of Topliss-reactive ketones (excluding diaryl/α,β-unsaturated/α-hetero) is 3. The van der Waals surface area contributed by atoms with Crippen molar-refractivity contribution in [2.45, 2.75) is 129 Å². The maximum absolute atomic E-state index is 11.7. The molecular weight excluding hydrogens is 1890 g/mol. The van der Waals surface area contributed by atoms with Crippen LogP contribution in [0.25, 0.3) is 0 Å². The Hall–Kier alpha value is -10.8. The summed E-state index contributed by atoms with van der Waals surface area (Å²) in [6, 6.07) is 8.87. The van der Waals surface area contributed by atoms with Crippen LogP contribution < -0.4 is 29.1 Å². The van der Waals surface area contributed by atoms with Crippen molar-refractivity contribution in [1.82, 2.24) is 29.9 Å². The number of carbonyl (C=O) groups is 7. The number of hydrogen-bond donors (Lipinski definition) is 12. The Bertz CT molecular complexity index is 5370. The number of pyridine rings is 6. The van der Waals surface area contributed by atoms with Gasteiger partial charge in [0.15, 0.2) is 97.2 Å². The summed E-state index contributed by atoms with van der Waals surface area (Å²) in [4.78, 5) is 139. The summed E-state index contributed by atoms with van der Waals surface area (Å²) in [6.45, 7) is 26.0. The Balaban J connectivity index is 0.000000222. The number of aliphatic carboxylic acids is 4. The molecule has 0 radical (unpaired) electrons. The number of rotatable bonds is 44. The van der Waals surface area contributed by atoms with Gasteiger partial charge in [-0.2, -0.15) is 0 Å². The summed E-state index contributed by atoms with van der Waals surface area (Å²) < 4.78 is 58.5. The fourth-order valence-corrected chi connectivity index (χ4v) is 18.2. The first-order valence-corrected chi connectivity index (χ1v) is 47.9. The lowest BCUT2D eigenvalue weighted by Gasteiger charge is -2.14. The van der Waals surface area contributed by atoms with Crippen molar-refractivity contribution in [3.63, 3.8) is 0 Å². The standard InChI is InChI=1S/C17H24N2O6S.C16H22N2O6S.C15H18N2O6S.C15H20N2O5S.C13H16N2O4S.C11H12N2O3S/c1-3-6-23-7-8-24-9-10-25-12-4-5-18-13(14(12)20)15-19-17(2,11-26-15)16(21)22;1-3-22-6-7-23-8-9-24-11-4-5-17-12(13(11)19)14-18-16(2,10-25-14)15(20)21;1-9(18)15(2)8-24-14(17-15)12-13(21)10(3-4-16-12)23-6-5-22-7-11(19)20;1-3-6-21-7-8-22-10-4-5-16-11(12(10)18)13-17-15(2,9-23-13)14(19)20;1-8(17)13(2)7-20-12(15-13)10-11(18)9(3-4-14-10)19-6-5-16;1-6(14)11(2)5-17-10(13-11)8-9(16)7(15)3-4-12-8/h4-5,20H,3,6-11H2,1-2H3,(H,21,22);4-5,19H,3,6-10H2,1-2H3,(H,20,21);3-4,21H,5-8H2,1-2H3,(H,19,20);4-5,18H,3,6-9H2,1-2H3,(H,19,20);3-4,16,18H,5-7H2,1-2H3;3-4,16H,5H2,1-2H3,(H,12,15)/t17-;16-;2*15-;13-;11-/m111111/s1.